The smallest absolute Gasteiger partial charge is 0.242 e. The van der Waals surface area contributed by atoms with Gasteiger partial charge in [-0.05, 0) is 63.9 Å². The van der Waals surface area contributed by atoms with Gasteiger partial charge in [0, 0.05) is 35.1 Å². The van der Waals surface area contributed by atoms with E-state index in [0.29, 0.717) is 21.3 Å². The Morgan fingerprint density at radius 1 is 1.06 bits per heavy atom. The lowest BCUT2D eigenvalue weighted by atomic mass is 10.1. The predicted molar refractivity (Wildman–Crippen MR) is 142 cm³/mol. The highest BCUT2D eigenvalue weighted by molar-refractivity contribution is 7.92. The molecule has 0 aliphatic carbocycles. The second-order valence-corrected chi connectivity index (χ2v) is 12.2. The summed E-state index contributed by atoms with van der Waals surface area (Å²) in [5, 5.41) is 3.77. The van der Waals surface area contributed by atoms with Crippen molar-refractivity contribution in [3.8, 4) is 0 Å². The Hall–Kier alpha value is -2.29. The average Bonchev–Trinajstić information content (AvgIpc) is 2.74. The Morgan fingerprint density at radius 3 is 2.23 bits per heavy atom. The molecule has 2 aromatic carbocycles. The summed E-state index contributed by atoms with van der Waals surface area (Å²) in [7, 11) is -3.53. The first-order valence-electron chi connectivity index (χ1n) is 11.3. The molecular weight excluding hydrogens is 509 g/mol. The lowest BCUT2D eigenvalue weighted by molar-refractivity contribution is -0.141. The topological polar surface area (TPSA) is 86.8 Å². The molecule has 0 heterocycles. The van der Waals surface area contributed by atoms with E-state index < -0.39 is 21.6 Å². The summed E-state index contributed by atoms with van der Waals surface area (Å²) in [6, 6.07) is 12.9. The van der Waals surface area contributed by atoms with Crippen molar-refractivity contribution in [2.24, 2.45) is 0 Å². The van der Waals surface area contributed by atoms with Crippen LogP contribution < -0.4 is 9.62 Å². The fourth-order valence-corrected chi connectivity index (χ4v) is 4.92. The van der Waals surface area contributed by atoms with E-state index in [1.165, 1.54) is 9.21 Å². The van der Waals surface area contributed by atoms with Gasteiger partial charge in [0.05, 0.1) is 11.9 Å². The van der Waals surface area contributed by atoms with Crippen LogP contribution >= 0.6 is 23.2 Å². The molecule has 0 fully saturated rings. The number of para-hydroxylation sites is 1. The van der Waals surface area contributed by atoms with Crippen LogP contribution in [-0.2, 0) is 26.2 Å². The molecule has 10 heteroatoms. The van der Waals surface area contributed by atoms with Gasteiger partial charge in [-0.3, -0.25) is 13.9 Å². The number of sulfonamides is 1. The minimum Gasteiger partial charge on any atom is -0.350 e. The summed E-state index contributed by atoms with van der Waals surface area (Å²) in [5.41, 5.74) is 0.718. The Labute approximate surface area is 218 Å². The second-order valence-electron chi connectivity index (χ2n) is 9.45. The molecule has 0 saturated heterocycles. The number of rotatable bonds is 10. The number of benzene rings is 2. The molecule has 2 amide bonds. The van der Waals surface area contributed by atoms with Crippen LogP contribution in [-0.4, -0.2) is 49.5 Å². The molecular formula is C25H33Cl2N3O4S. The number of hydrogen-bond donors (Lipinski definition) is 1. The van der Waals surface area contributed by atoms with Gasteiger partial charge < -0.3 is 10.2 Å². The van der Waals surface area contributed by atoms with Crippen molar-refractivity contribution in [2.75, 3.05) is 17.1 Å². The zero-order valence-electron chi connectivity index (χ0n) is 20.7. The summed E-state index contributed by atoms with van der Waals surface area (Å²) < 4.78 is 25.9. The van der Waals surface area contributed by atoms with Crippen LogP contribution in [0.2, 0.25) is 10.0 Å². The van der Waals surface area contributed by atoms with Crippen LogP contribution in [0.3, 0.4) is 0 Å². The minimum atomic E-state index is -3.53. The molecule has 0 radical (unpaired) electrons. The molecule has 0 bridgehead atoms. The Bertz CT molecular complexity index is 1140. The van der Waals surface area contributed by atoms with Crippen LogP contribution in [0, 0.1) is 0 Å². The van der Waals surface area contributed by atoms with Crippen molar-refractivity contribution < 1.29 is 18.0 Å². The lowest BCUT2D eigenvalue weighted by Gasteiger charge is -2.32. The van der Waals surface area contributed by atoms with E-state index in [1.54, 1.807) is 55.5 Å². The first-order valence-corrected chi connectivity index (χ1v) is 13.9. The summed E-state index contributed by atoms with van der Waals surface area (Å²) >= 11 is 12.3. The maximum Gasteiger partial charge on any atom is 0.242 e. The maximum absolute atomic E-state index is 13.3. The van der Waals surface area contributed by atoms with E-state index in [9.17, 15) is 18.0 Å². The number of hydrogen-bond acceptors (Lipinski definition) is 4. The monoisotopic (exact) mass is 541 g/mol. The van der Waals surface area contributed by atoms with Crippen molar-refractivity contribution in [2.45, 2.75) is 58.7 Å². The van der Waals surface area contributed by atoms with E-state index in [1.807, 2.05) is 20.8 Å². The maximum atomic E-state index is 13.3. The molecule has 7 nitrogen and oxygen atoms in total. The van der Waals surface area contributed by atoms with Gasteiger partial charge in [0.1, 0.15) is 6.04 Å². The van der Waals surface area contributed by atoms with Crippen molar-refractivity contribution in [3.05, 3.63) is 64.1 Å². The number of amides is 2. The summed E-state index contributed by atoms with van der Waals surface area (Å²) in [6.45, 7) is 7.50. The third-order valence-corrected chi connectivity index (χ3v) is 7.00. The van der Waals surface area contributed by atoms with Crippen molar-refractivity contribution in [1.82, 2.24) is 10.2 Å². The fraction of sp³-hybridized carbons (Fsp3) is 0.440. The molecule has 2 rings (SSSR count). The highest BCUT2D eigenvalue weighted by atomic mass is 35.5. The number of anilines is 1. The molecule has 0 aromatic heterocycles. The molecule has 192 valence electrons. The molecule has 0 spiro atoms. The van der Waals surface area contributed by atoms with Crippen LogP contribution in [0.15, 0.2) is 48.5 Å². The first-order chi connectivity index (χ1) is 16.2. The van der Waals surface area contributed by atoms with Crippen LogP contribution in [0.5, 0.6) is 0 Å². The van der Waals surface area contributed by atoms with E-state index >= 15 is 0 Å². The van der Waals surface area contributed by atoms with Crippen LogP contribution in [0.25, 0.3) is 0 Å². The molecule has 0 aliphatic rings. The summed E-state index contributed by atoms with van der Waals surface area (Å²) in [5.74, 6) is -0.577. The zero-order chi connectivity index (χ0) is 26.4. The molecule has 1 N–H and O–H groups in total. The summed E-state index contributed by atoms with van der Waals surface area (Å²) in [4.78, 5) is 27.7. The summed E-state index contributed by atoms with van der Waals surface area (Å²) in [6.07, 6.45) is 1.46. The van der Waals surface area contributed by atoms with E-state index in [-0.39, 0.29) is 37.7 Å². The van der Waals surface area contributed by atoms with E-state index in [0.717, 1.165) is 6.26 Å². The van der Waals surface area contributed by atoms with Gasteiger partial charge in [0.2, 0.25) is 21.8 Å². The fourth-order valence-electron chi connectivity index (χ4n) is 3.49. The SMILES string of the molecule is C[C@H](C(=O)NC(C)(C)C)N(Cc1ccc(Cl)cc1Cl)C(=O)CCCN(c1ccccc1)S(C)(=O)=O. The van der Waals surface area contributed by atoms with Crippen molar-refractivity contribution in [1.29, 1.82) is 0 Å². The van der Waals surface area contributed by atoms with Gasteiger partial charge in [-0.2, -0.15) is 0 Å². The van der Waals surface area contributed by atoms with Crippen molar-refractivity contribution >= 4 is 50.7 Å². The highest BCUT2D eigenvalue weighted by Crippen LogP contribution is 2.24. The first kappa shape index (κ1) is 28.9. The van der Waals surface area contributed by atoms with Gasteiger partial charge in [0.15, 0.2) is 0 Å². The number of carbonyl (C=O) groups is 2. The highest BCUT2D eigenvalue weighted by Gasteiger charge is 2.29. The van der Waals surface area contributed by atoms with Gasteiger partial charge in [-0.1, -0.05) is 47.5 Å². The molecule has 0 unspecified atom stereocenters. The Morgan fingerprint density at radius 2 is 1.69 bits per heavy atom. The van der Waals surface area contributed by atoms with Gasteiger partial charge in [-0.15, -0.1) is 0 Å². The zero-order valence-corrected chi connectivity index (χ0v) is 23.0. The number of nitrogens with one attached hydrogen (secondary N) is 1. The molecule has 35 heavy (non-hydrogen) atoms. The molecule has 2 aromatic rings. The lowest BCUT2D eigenvalue weighted by Crippen LogP contribution is -2.52. The normalized spacial score (nSPS) is 12.7. The Balaban J connectivity index is 2.21. The Kier molecular flexibility index (Phi) is 10.0. The number of nitrogens with zero attached hydrogens (tertiary/aromatic N) is 2. The second kappa shape index (κ2) is 12.1. The number of halogens is 2. The largest absolute Gasteiger partial charge is 0.350 e. The number of carbonyl (C=O) groups excluding carboxylic acids is 2. The average molecular weight is 543 g/mol. The third-order valence-electron chi connectivity index (χ3n) is 5.22. The standard InChI is InChI=1S/C25H33Cl2N3O4S/c1-18(24(32)28-25(2,3)4)29(17-19-13-14-20(26)16-22(19)27)23(31)12-9-15-30(35(5,33)34)21-10-7-6-8-11-21/h6-8,10-11,13-14,16,18H,9,12,15,17H2,1-5H3,(H,28,32)/t18-/m1/s1. The van der Waals surface area contributed by atoms with Gasteiger partial charge in [-0.25, -0.2) is 8.42 Å². The third kappa shape index (κ3) is 9.02. The minimum absolute atomic E-state index is 0.0528. The van der Waals surface area contributed by atoms with E-state index in [2.05, 4.69) is 5.32 Å². The predicted octanol–water partition coefficient (Wildman–Crippen LogP) is 4.87. The van der Waals surface area contributed by atoms with Crippen LogP contribution in [0.4, 0.5) is 5.69 Å². The van der Waals surface area contributed by atoms with Gasteiger partial charge in [0.25, 0.3) is 0 Å². The molecule has 1 atom stereocenters. The van der Waals surface area contributed by atoms with Crippen molar-refractivity contribution in [3.63, 3.8) is 0 Å². The molecule has 0 aliphatic heterocycles. The quantitative estimate of drug-likeness (QED) is 0.464. The van der Waals surface area contributed by atoms with Crippen LogP contribution in [0.1, 0.15) is 46.1 Å². The van der Waals surface area contributed by atoms with Gasteiger partial charge >= 0.3 is 0 Å². The molecule has 0 saturated carbocycles. The van der Waals surface area contributed by atoms with E-state index in [4.69, 9.17) is 23.2 Å².